The Morgan fingerprint density at radius 2 is 0.745 bits per heavy atom. The highest BCUT2D eigenvalue weighted by Crippen LogP contribution is 2.15. The number of Topliss-reactive ketones (excluding diaryl/α,β-unsaturated/α-hetero) is 2. The molecule has 0 aromatic carbocycles. The molecule has 0 amide bonds. The van der Waals surface area contributed by atoms with Gasteiger partial charge in [0.25, 0.3) is 0 Å². The van der Waals surface area contributed by atoms with Crippen molar-refractivity contribution in [3.8, 4) is 0 Å². The molecule has 0 radical (unpaired) electrons. The van der Waals surface area contributed by atoms with Gasteiger partial charge in [-0.15, -0.1) is 0 Å². The first-order chi connectivity index (χ1) is 40.7. The summed E-state index contributed by atoms with van der Waals surface area (Å²) in [4.78, 5) is 23.7. The van der Waals surface area contributed by atoms with Crippen molar-refractivity contribution in [1.29, 1.82) is 0 Å². The normalized spacial score (nSPS) is 17.2. The average Bonchev–Trinajstić information content (AvgIpc) is 3.58. The molecule has 0 aromatic rings. The lowest BCUT2D eigenvalue weighted by Crippen LogP contribution is -1.97. The molecule has 0 N–H and O–H groups in total. The Kier molecular flexibility index (Phi) is 31.7. The molecule has 55 heavy (non-hydrogen) atoms. The van der Waals surface area contributed by atoms with E-state index in [0.29, 0.717) is 11.6 Å². The van der Waals surface area contributed by atoms with Gasteiger partial charge in [-0.25, -0.2) is 0 Å². The van der Waals surface area contributed by atoms with Gasteiger partial charge in [0.15, 0.2) is 0 Å². The van der Waals surface area contributed by atoms with Crippen LogP contribution in [0.5, 0.6) is 0 Å². The SMILES string of the molecule is C.CCCCCCCC/C=C\CCCCCCCC(=O)CCCCCCC/C=C\CCCCCCCC.O=C1CCCCCCCC=CCCCCCCC1.[2H][2H].[2H][2H].[2H][2H].[2H][2H].[2H][2H].[2H][2H].[2H][2H].[2H][2H].[2H][2H].[2H][2H].[2H][2H].[2H][2H].[2H][2H].[2H][2H]. The molecule has 0 bridgehead atoms. The van der Waals surface area contributed by atoms with Crippen LogP contribution in [0, 0.1) is 0 Å². The first-order valence-corrected chi connectivity index (χ1v) is 24.7. The van der Waals surface area contributed by atoms with E-state index in [4.69, 9.17) is 41.6 Å². The monoisotopic (exact) mass is 825 g/mol. The van der Waals surface area contributed by atoms with Gasteiger partial charge in [0, 0.05) is 67.3 Å². The van der Waals surface area contributed by atoms with Crippen LogP contribution in [0.15, 0.2) is 36.5 Å². The van der Waals surface area contributed by atoms with Crippen molar-refractivity contribution in [3.63, 3.8) is 0 Å². The molecule has 0 fully saturated rings. The topological polar surface area (TPSA) is 34.1 Å². The van der Waals surface area contributed by atoms with E-state index in [2.05, 4.69) is 50.3 Å². The standard InChI is InChI=1S/C35H66O.C17H30O.CH4.14H2/c1-3-5-7-9-11-13-15-17-19-21-23-25-27-29-31-33-35(36)34-32-30-28-26-24-22-20-18-16-14-12-10-8-6-4-2;18-17-15-13-11-9-7-5-3-1-2-4-6-8-10-12-14-16-17;;;;;;;;;;;;;;;/h17-20H,3-16,21-34H2,1-2H3;1-2H,3-16H2;1H4;14*1H/b19-17-,20-18-;;;;;;;;;;;;;;;;/i;;;14*1+1D. The van der Waals surface area contributed by atoms with Crippen molar-refractivity contribution in [3.05, 3.63) is 36.5 Å². The molecule has 0 saturated heterocycles. The minimum atomic E-state index is 0. The fourth-order valence-corrected chi connectivity index (χ4v) is 7.50. The molecule has 0 spiro atoms. The number of hydrogen-bond acceptors (Lipinski definition) is 2. The van der Waals surface area contributed by atoms with Crippen LogP contribution in [0.1, 0.15) is 333 Å². The number of rotatable bonds is 30. The van der Waals surface area contributed by atoms with E-state index in [9.17, 15) is 9.59 Å². The Hall–Kier alpha value is -1.44. The van der Waals surface area contributed by atoms with Gasteiger partial charge in [-0.2, -0.15) is 0 Å². The second-order valence-corrected chi connectivity index (χ2v) is 16.8. The van der Waals surface area contributed by atoms with Gasteiger partial charge in [0.2, 0.25) is 0 Å². The number of carbonyl (C=O) groups excluding carboxylic acids is 2. The third kappa shape index (κ3) is 50.5. The summed E-state index contributed by atoms with van der Waals surface area (Å²) in [5.74, 6) is 1.01. The maximum Gasteiger partial charge on any atom is 0.132 e. The maximum absolute atomic E-state index is 12.1. The van der Waals surface area contributed by atoms with Gasteiger partial charge in [-0.1, -0.05) is 199 Å². The number of allylic oxidation sites excluding steroid dienone is 6. The van der Waals surface area contributed by atoms with E-state index in [1.54, 1.807) is 0 Å². The molecule has 0 aliphatic heterocycles. The predicted octanol–water partition coefficient (Wildman–Crippen LogP) is 22.3. The fraction of sp³-hybridized carbons (Fsp3) is 0.849. The molecule has 0 aromatic heterocycles. The van der Waals surface area contributed by atoms with Crippen molar-refractivity contribution in [2.75, 3.05) is 0 Å². The fourth-order valence-electron chi connectivity index (χ4n) is 7.50. The van der Waals surface area contributed by atoms with Crippen LogP contribution in [-0.2, 0) is 9.59 Å². The molecular formula is C53H128O2. The largest absolute Gasteiger partial charge is 0.300 e. The molecule has 352 valence electrons. The van der Waals surface area contributed by atoms with Crippen molar-refractivity contribution in [2.45, 2.75) is 291 Å². The Labute approximate surface area is 390 Å². The molecule has 2 heteroatoms. The number of hydrogen-bond donors (Lipinski definition) is 0. The minimum absolute atomic E-state index is 0. The molecule has 1 aliphatic carbocycles. The molecule has 0 heterocycles. The number of carbonyl (C=O) groups is 2. The van der Waals surface area contributed by atoms with E-state index in [0.717, 1.165) is 51.4 Å². The molecule has 0 unspecified atom stereocenters. The summed E-state index contributed by atoms with van der Waals surface area (Å²) < 4.78 is 140. The van der Waals surface area contributed by atoms with Crippen LogP contribution in [-0.4, -0.2) is 11.6 Å². The van der Waals surface area contributed by atoms with Crippen LogP contribution in [0.25, 0.3) is 0 Å². The highest BCUT2D eigenvalue weighted by Gasteiger charge is 2.03. The van der Waals surface area contributed by atoms with Gasteiger partial charge in [0.05, 0.1) is 0 Å². The zero-order valence-electron chi connectivity index (χ0n) is 65.0. The van der Waals surface area contributed by atoms with Gasteiger partial charge >= 0.3 is 0 Å². The molecule has 1 aliphatic rings. The van der Waals surface area contributed by atoms with E-state index >= 15 is 0 Å². The van der Waals surface area contributed by atoms with Crippen molar-refractivity contribution in [2.24, 2.45) is 0 Å². The minimum Gasteiger partial charge on any atom is -0.300 e. The lowest BCUT2D eigenvalue weighted by atomic mass is 10.0. The summed E-state index contributed by atoms with van der Waals surface area (Å²) in [6.45, 7) is 4.56. The Balaban J connectivity index is -0.0000000572. The van der Waals surface area contributed by atoms with Crippen LogP contribution in [0.4, 0.5) is 0 Å². The second-order valence-electron chi connectivity index (χ2n) is 16.8. The molecule has 0 atom stereocenters. The molecule has 0 saturated carbocycles. The van der Waals surface area contributed by atoms with Crippen LogP contribution in [0.2, 0.25) is 0 Å². The van der Waals surface area contributed by atoms with Gasteiger partial charge < -0.3 is 0 Å². The summed E-state index contributed by atoms with van der Waals surface area (Å²) >= 11 is 0. The predicted molar refractivity (Wildman–Crippen MR) is 279 cm³/mol. The average molecular weight is 826 g/mol. The quantitative estimate of drug-likeness (QED) is 0.0534. The Bertz CT molecular complexity index is 848. The van der Waals surface area contributed by atoms with Crippen molar-refractivity contribution in [1.82, 2.24) is 0 Å². The first-order valence-electron chi connectivity index (χ1n) is 38.7. The lowest BCUT2D eigenvalue weighted by molar-refractivity contribution is -0.120. The van der Waals surface area contributed by atoms with E-state index < -0.39 is 0 Å². The zero-order chi connectivity index (χ0) is 67.1. The highest BCUT2D eigenvalue weighted by molar-refractivity contribution is 5.78. The molecule has 1 rings (SSSR count). The summed E-state index contributed by atoms with van der Waals surface area (Å²) in [5, 5.41) is 0. The summed E-state index contributed by atoms with van der Waals surface area (Å²) in [6.07, 6.45) is 67.1. The van der Waals surface area contributed by atoms with Crippen molar-refractivity contribution >= 4 is 11.6 Å². The molecule has 2 nitrogen and oxygen atoms in total. The first kappa shape index (κ1) is 34.4. The van der Waals surface area contributed by atoms with Crippen LogP contribution >= 0.6 is 0 Å². The maximum atomic E-state index is 12.1. The third-order valence-corrected chi connectivity index (χ3v) is 11.3. The van der Waals surface area contributed by atoms with E-state index in [1.807, 2.05) is 0 Å². The third-order valence-electron chi connectivity index (χ3n) is 11.3. The smallest absolute Gasteiger partial charge is 0.132 e. The number of unbranched alkanes of at least 4 members (excludes halogenated alkanes) is 22. The van der Waals surface area contributed by atoms with Crippen molar-refractivity contribution < 1.29 is 51.2 Å². The molecular weight excluding hydrogens is 669 g/mol. The summed E-state index contributed by atoms with van der Waals surface area (Å²) in [5.41, 5.74) is 0. The Morgan fingerprint density at radius 3 is 1.11 bits per heavy atom. The number of ketones is 2. The summed E-state index contributed by atoms with van der Waals surface area (Å²) in [7, 11) is 0. The van der Waals surface area contributed by atoms with Crippen LogP contribution in [0.3, 0.4) is 0 Å². The van der Waals surface area contributed by atoms with E-state index in [-0.39, 0.29) is 7.43 Å². The van der Waals surface area contributed by atoms with Crippen LogP contribution < -0.4 is 0 Å². The summed E-state index contributed by atoms with van der Waals surface area (Å²) in [6, 6.07) is 0. The van der Waals surface area contributed by atoms with E-state index in [1.165, 1.54) is 218 Å². The van der Waals surface area contributed by atoms with Gasteiger partial charge in [-0.05, 0) is 103 Å². The zero-order valence-corrected chi connectivity index (χ0v) is 37.0. The van der Waals surface area contributed by atoms with Gasteiger partial charge in [0.1, 0.15) is 11.6 Å². The van der Waals surface area contributed by atoms with Gasteiger partial charge in [-0.3, -0.25) is 9.59 Å². The highest BCUT2D eigenvalue weighted by atomic mass is 16.1. The lowest BCUT2D eigenvalue weighted by Gasteiger charge is -2.03. The Morgan fingerprint density at radius 1 is 0.455 bits per heavy atom. The second kappa shape index (κ2) is 50.6.